The molecule has 5 nitrogen and oxygen atoms in total. The van der Waals surface area contributed by atoms with E-state index in [0.717, 1.165) is 11.3 Å². The first kappa shape index (κ1) is 18.1. The average Bonchev–Trinajstić information content (AvgIpc) is 2.58. The van der Waals surface area contributed by atoms with Gasteiger partial charge in [-0.15, -0.1) is 0 Å². The van der Waals surface area contributed by atoms with Gasteiger partial charge in [0.25, 0.3) is 5.91 Å². The monoisotopic (exact) mass is 366 g/mol. The Morgan fingerprint density at radius 2 is 1.92 bits per heavy atom. The summed E-state index contributed by atoms with van der Waals surface area (Å²) in [6, 6.07) is 12.3. The van der Waals surface area contributed by atoms with Crippen LogP contribution in [0.3, 0.4) is 0 Å². The number of ether oxygens (including phenoxy) is 2. The van der Waals surface area contributed by atoms with Gasteiger partial charge >= 0.3 is 0 Å². The van der Waals surface area contributed by atoms with Crippen molar-refractivity contribution in [2.45, 2.75) is 6.92 Å². The van der Waals surface area contributed by atoms with E-state index in [0.29, 0.717) is 17.4 Å². The van der Waals surface area contributed by atoms with Crippen LogP contribution in [0, 0.1) is 0 Å². The molecule has 7 heteroatoms. The number of carbonyl (C=O) groups is 1. The van der Waals surface area contributed by atoms with Gasteiger partial charge in [0.1, 0.15) is 16.5 Å². The van der Waals surface area contributed by atoms with Crippen molar-refractivity contribution in [1.82, 2.24) is 5.43 Å². The first-order chi connectivity index (χ1) is 11.6. The summed E-state index contributed by atoms with van der Waals surface area (Å²) in [5.41, 5.74) is 3.20. The Morgan fingerprint density at radius 3 is 2.62 bits per heavy atom. The molecule has 0 spiro atoms. The van der Waals surface area contributed by atoms with Crippen molar-refractivity contribution < 1.29 is 14.3 Å². The Morgan fingerprint density at radius 1 is 1.17 bits per heavy atom. The molecule has 0 saturated heterocycles. The molecule has 126 valence electrons. The van der Waals surface area contributed by atoms with Gasteiger partial charge in [-0.2, -0.15) is 5.10 Å². The SMILES string of the molecule is CCOc1ccc(C=NNC(=O)COc2cccc(Cl)c2Cl)cc1. The molecule has 0 heterocycles. The lowest BCUT2D eigenvalue weighted by Crippen LogP contribution is -2.24. The van der Waals surface area contributed by atoms with Gasteiger partial charge in [-0.05, 0) is 48.9 Å². The van der Waals surface area contributed by atoms with Gasteiger partial charge in [-0.3, -0.25) is 4.79 Å². The molecular weight excluding hydrogens is 351 g/mol. The molecule has 0 saturated carbocycles. The van der Waals surface area contributed by atoms with Crippen LogP contribution >= 0.6 is 23.2 Å². The Hall–Kier alpha value is -2.24. The van der Waals surface area contributed by atoms with Gasteiger partial charge in [0.2, 0.25) is 0 Å². The minimum Gasteiger partial charge on any atom is -0.494 e. The van der Waals surface area contributed by atoms with Crippen molar-refractivity contribution in [3.63, 3.8) is 0 Å². The van der Waals surface area contributed by atoms with Crippen molar-refractivity contribution >= 4 is 35.3 Å². The maximum absolute atomic E-state index is 11.7. The van der Waals surface area contributed by atoms with Gasteiger partial charge in [0.05, 0.1) is 17.8 Å². The molecule has 0 fully saturated rings. The van der Waals surface area contributed by atoms with Crippen LogP contribution in [-0.4, -0.2) is 25.3 Å². The summed E-state index contributed by atoms with van der Waals surface area (Å²) in [6.45, 7) is 2.31. The number of rotatable bonds is 7. The maximum atomic E-state index is 11.7. The molecular formula is C17H16Cl2N2O3. The quantitative estimate of drug-likeness (QED) is 0.596. The third-order valence-corrected chi connectivity index (χ3v) is 3.67. The third-order valence-electron chi connectivity index (χ3n) is 2.87. The number of carbonyl (C=O) groups excluding carboxylic acids is 1. The van der Waals surface area contributed by atoms with E-state index in [1.165, 1.54) is 6.21 Å². The molecule has 0 radical (unpaired) electrons. The summed E-state index contributed by atoms with van der Waals surface area (Å²) in [7, 11) is 0. The Bertz CT molecular complexity index is 718. The van der Waals surface area contributed by atoms with Crippen molar-refractivity contribution in [2.75, 3.05) is 13.2 Å². The number of halogens is 2. The normalized spacial score (nSPS) is 10.6. The van der Waals surface area contributed by atoms with Gasteiger partial charge in [-0.1, -0.05) is 29.3 Å². The molecule has 24 heavy (non-hydrogen) atoms. The predicted octanol–water partition coefficient (Wildman–Crippen LogP) is 3.92. The minimum atomic E-state index is -0.409. The first-order valence-electron chi connectivity index (χ1n) is 7.21. The number of hydrazone groups is 1. The van der Waals surface area contributed by atoms with E-state index >= 15 is 0 Å². The second kappa shape index (κ2) is 9.15. The first-order valence-corrected chi connectivity index (χ1v) is 7.97. The van der Waals surface area contributed by atoms with Crippen LogP contribution in [-0.2, 0) is 4.79 Å². The van der Waals surface area contributed by atoms with Gasteiger partial charge in [0, 0.05) is 0 Å². The van der Waals surface area contributed by atoms with E-state index in [4.69, 9.17) is 32.7 Å². The fraction of sp³-hybridized carbons (Fsp3) is 0.176. The van der Waals surface area contributed by atoms with Crippen molar-refractivity contribution in [3.8, 4) is 11.5 Å². The van der Waals surface area contributed by atoms with Crippen LogP contribution in [0.2, 0.25) is 10.0 Å². The van der Waals surface area contributed by atoms with E-state index in [1.54, 1.807) is 18.2 Å². The van der Waals surface area contributed by atoms with Gasteiger partial charge < -0.3 is 9.47 Å². The Kier molecular flexibility index (Phi) is 6.90. The fourth-order valence-corrected chi connectivity index (χ4v) is 2.11. The van der Waals surface area contributed by atoms with E-state index in [1.807, 2.05) is 31.2 Å². The maximum Gasteiger partial charge on any atom is 0.277 e. The van der Waals surface area contributed by atoms with E-state index in [-0.39, 0.29) is 11.6 Å². The number of nitrogens with one attached hydrogen (secondary N) is 1. The zero-order valence-electron chi connectivity index (χ0n) is 13.0. The number of amides is 1. The van der Waals surface area contributed by atoms with Gasteiger partial charge in [0.15, 0.2) is 6.61 Å². The number of hydrogen-bond acceptors (Lipinski definition) is 4. The van der Waals surface area contributed by atoms with E-state index in [9.17, 15) is 4.79 Å². The molecule has 0 bridgehead atoms. The highest BCUT2D eigenvalue weighted by Gasteiger charge is 2.07. The summed E-state index contributed by atoms with van der Waals surface area (Å²) in [5.74, 6) is 0.716. The second-order valence-corrected chi connectivity index (χ2v) is 5.42. The number of hydrogen-bond donors (Lipinski definition) is 1. The number of benzene rings is 2. The Labute approximate surface area is 150 Å². The standard InChI is InChI=1S/C17H16Cl2N2O3/c1-2-23-13-8-6-12(7-9-13)10-20-21-16(22)11-24-15-5-3-4-14(18)17(15)19/h3-10H,2,11H2,1H3,(H,21,22). The molecule has 0 aliphatic rings. The molecule has 0 aliphatic carbocycles. The third kappa shape index (κ3) is 5.44. The molecule has 2 aromatic carbocycles. The molecule has 1 N–H and O–H groups in total. The topological polar surface area (TPSA) is 59.9 Å². The fourth-order valence-electron chi connectivity index (χ4n) is 1.77. The van der Waals surface area contributed by atoms with Crippen LogP contribution in [0.4, 0.5) is 0 Å². The zero-order valence-corrected chi connectivity index (χ0v) is 14.5. The van der Waals surface area contributed by atoms with Crippen molar-refractivity contribution in [3.05, 3.63) is 58.1 Å². The van der Waals surface area contributed by atoms with E-state index < -0.39 is 5.91 Å². The molecule has 2 aromatic rings. The largest absolute Gasteiger partial charge is 0.494 e. The minimum absolute atomic E-state index is 0.222. The second-order valence-electron chi connectivity index (χ2n) is 4.64. The van der Waals surface area contributed by atoms with Crippen molar-refractivity contribution in [2.24, 2.45) is 5.10 Å². The highest BCUT2D eigenvalue weighted by Crippen LogP contribution is 2.31. The van der Waals surface area contributed by atoms with Crippen LogP contribution in [0.1, 0.15) is 12.5 Å². The van der Waals surface area contributed by atoms with Crippen LogP contribution in [0.25, 0.3) is 0 Å². The summed E-state index contributed by atoms with van der Waals surface area (Å²) < 4.78 is 10.7. The molecule has 0 aromatic heterocycles. The van der Waals surface area contributed by atoms with Gasteiger partial charge in [-0.25, -0.2) is 5.43 Å². The van der Waals surface area contributed by atoms with Crippen molar-refractivity contribution in [1.29, 1.82) is 0 Å². The number of nitrogens with zero attached hydrogens (tertiary/aromatic N) is 1. The lowest BCUT2D eigenvalue weighted by molar-refractivity contribution is -0.123. The molecule has 0 unspecified atom stereocenters. The van der Waals surface area contributed by atoms with Crippen LogP contribution in [0.15, 0.2) is 47.6 Å². The summed E-state index contributed by atoms with van der Waals surface area (Å²) in [4.78, 5) is 11.7. The summed E-state index contributed by atoms with van der Waals surface area (Å²) in [5, 5.41) is 4.50. The Balaban J connectivity index is 1.81. The highest BCUT2D eigenvalue weighted by atomic mass is 35.5. The molecule has 0 atom stereocenters. The lowest BCUT2D eigenvalue weighted by Gasteiger charge is -2.07. The lowest BCUT2D eigenvalue weighted by atomic mass is 10.2. The van der Waals surface area contributed by atoms with Crippen LogP contribution in [0.5, 0.6) is 11.5 Å². The smallest absolute Gasteiger partial charge is 0.277 e. The molecule has 2 rings (SSSR count). The molecule has 1 amide bonds. The highest BCUT2D eigenvalue weighted by molar-refractivity contribution is 6.42. The van der Waals surface area contributed by atoms with Crippen LogP contribution < -0.4 is 14.9 Å². The predicted molar refractivity (Wildman–Crippen MR) is 95.3 cm³/mol. The summed E-state index contributed by atoms with van der Waals surface area (Å²) >= 11 is 11.8. The summed E-state index contributed by atoms with van der Waals surface area (Å²) in [6.07, 6.45) is 1.53. The van der Waals surface area contributed by atoms with E-state index in [2.05, 4.69) is 10.5 Å². The molecule has 0 aliphatic heterocycles. The average molecular weight is 367 g/mol. The zero-order chi connectivity index (χ0) is 17.4.